The molecule has 0 unspecified atom stereocenters. The van der Waals surface area contributed by atoms with Gasteiger partial charge in [-0.3, -0.25) is 4.79 Å². The zero-order valence-corrected chi connectivity index (χ0v) is 11.2. The van der Waals surface area contributed by atoms with Crippen LogP contribution >= 0.6 is 0 Å². The van der Waals surface area contributed by atoms with Crippen molar-refractivity contribution in [2.75, 3.05) is 5.32 Å². The number of carbonyl (C=O) groups excluding carboxylic acids is 1. The molecule has 1 heterocycles. The van der Waals surface area contributed by atoms with E-state index in [4.69, 9.17) is 0 Å². The van der Waals surface area contributed by atoms with E-state index in [0.29, 0.717) is 5.82 Å². The Bertz CT molecular complexity index is 648. The second kappa shape index (κ2) is 4.71. The zero-order valence-electron chi connectivity index (χ0n) is 11.2. The molecule has 0 aliphatic heterocycles. The molecule has 1 fully saturated rings. The smallest absolute Gasteiger partial charge is 0.236 e. The molecular weight excluding hydrogens is 255 g/mol. The first-order valence-corrected chi connectivity index (χ1v) is 6.61. The molecule has 1 N–H and O–H groups in total. The lowest BCUT2D eigenvalue weighted by atomic mass is 9.95. The molecule has 1 aliphatic carbocycles. The molecular formula is C16H15FN2O. The minimum Gasteiger partial charge on any atom is -0.310 e. The second-order valence-corrected chi connectivity index (χ2v) is 5.21. The Morgan fingerprint density at radius 3 is 2.50 bits per heavy atom. The third-order valence-corrected chi connectivity index (χ3v) is 3.71. The van der Waals surface area contributed by atoms with Gasteiger partial charge in [0.05, 0.1) is 5.41 Å². The number of nitrogens with one attached hydrogen (secondary N) is 1. The number of amides is 1. The van der Waals surface area contributed by atoms with E-state index in [0.717, 1.165) is 24.1 Å². The number of aryl methyl sites for hydroxylation is 1. The monoisotopic (exact) mass is 270 g/mol. The number of rotatable bonds is 3. The van der Waals surface area contributed by atoms with E-state index in [1.807, 2.05) is 19.1 Å². The summed E-state index contributed by atoms with van der Waals surface area (Å²) < 4.78 is 13.0. The molecule has 0 saturated heterocycles. The van der Waals surface area contributed by atoms with Gasteiger partial charge in [-0.2, -0.15) is 0 Å². The number of aromatic nitrogens is 1. The van der Waals surface area contributed by atoms with Crippen molar-refractivity contribution in [1.82, 2.24) is 4.98 Å². The van der Waals surface area contributed by atoms with Gasteiger partial charge in [0.1, 0.15) is 11.6 Å². The number of hydrogen-bond acceptors (Lipinski definition) is 2. The van der Waals surface area contributed by atoms with Gasteiger partial charge in [-0.05, 0) is 49.6 Å². The molecule has 1 aromatic carbocycles. The quantitative estimate of drug-likeness (QED) is 0.930. The highest BCUT2D eigenvalue weighted by Gasteiger charge is 2.51. The lowest BCUT2D eigenvalue weighted by Crippen LogP contribution is -2.28. The van der Waals surface area contributed by atoms with Crippen LogP contribution in [0.5, 0.6) is 0 Å². The van der Waals surface area contributed by atoms with E-state index < -0.39 is 5.41 Å². The number of pyridine rings is 1. The maximum Gasteiger partial charge on any atom is 0.236 e. The average molecular weight is 270 g/mol. The van der Waals surface area contributed by atoms with Gasteiger partial charge in [0.2, 0.25) is 5.91 Å². The van der Waals surface area contributed by atoms with Crippen molar-refractivity contribution in [3.05, 3.63) is 59.5 Å². The largest absolute Gasteiger partial charge is 0.310 e. The highest BCUT2D eigenvalue weighted by Crippen LogP contribution is 2.48. The van der Waals surface area contributed by atoms with Crippen LogP contribution in [0.3, 0.4) is 0 Å². The third-order valence-electron chi connectivity index (χ3n) is 3.71. The first kappa shape index (κ1) is 12.8. The molecule has 0 bridgehead atoms. The summed E-state index contributed by atoms with van der Waals surface area (Å²) >= 11 is 0. The van der Waals surface area contributed by atoms with Crippen LogP contribution in [0.4, 0.5) is 10.2 Å². The Morgan fingerprint density at radius 1 is 1.20 bits per heavy atom. The summed E-state index contributed by atoms with van der Waals surface area (Å²) in [5, 5.41) is 2.85. The van der Waals surface area contributed by atoms with E-state index in [2.05, 4.69) is 10.3 Å². The molecule has 3 nitrogen and oxygen atoms in total. The van der Waals surface area contributed by atoms with Gasteiger partial charge >= 0.3 is 0 Å². The number of carbonyl (C=O) groups is 1. The van der Waals surface area contributed by atoms with Gasteiger partial charge < -0.3 is 5.32 Å². The van der Waals surface area contributed by atoms with Crippen LogP contribution in [0, 0.1) is 12.7 Å². The highest BCUT2D eigenvalue weighted by atomic mass is 19.1. The van der Waals surface area contributed by atoms with Crippen LogP contribution in [0.1, 0.15) is 24.1 Å². The molecule has 2 aromatic rings. The van der Waals surface area contributed by atoms with Crippen LogP contribution in [0.15, 0.2) is 42.5 Å². The summed E-state index contributed by atoms with van der Waals surface area (Å²) in [5.74, 6) is 0.205. The Balaban J connectivity index is 1.81. The Hall–Kier alpha value is -2.23. The van der Waals surface area contributed by atoms with E-state index >= 15 is 0 Å². The maximum absolute atomic E-state index is 13.0. The number of hydrogen-bond donors (Lipinski definition) is 1. The van der Waals surface area contributed by atoms with Crippen molar-refractivity contribution in [1.29, 1.82) is 0 Å². The molecule has 3 rings (SSSR count). The molecule has 0 atom stereocenters. The van der Waals surface area contributed by atoms with Crippen molar-refractivity contribution in [2.45, 2.75) is 25.2 Å². The summed E-state index contributed by atoms with van der Waals surface area (Å²) in [6.45, 7) is 1.88. The first-order chi connectivity index (χ1) is 9.60. The standard InChI is InChI=1S/C16H15FN2O/c1-11-3-2-4-14(18-11)19-15(20)16(9-10-16)12-5-7-13(17)8-6-12/h2-8H,9-10H2,1H3,(H,18,19,20). The van der Waals surface area contributed by atoms with Crippen molar-refractivity contribution in [3.8, 4) is 0 Å². The van der Waals surface area contributed by atoms with E-state index in [1.54, 1.807) is 18.2 Å². The summed E-state index contributed by atoms with van der Waals surface area (Å²) in [4.78, 5) is 16.7. The number of nitrogens with zero attached hydrogens (tertiary/aromatic N) is 1. The lowest BCUT2D eigenvalue weighted by molar-refractivity contribution is -0.118. The minimum absolute atomic E-state index is 0.0674. The van der Waals surface area contributed by atoms with Crippen LogP contribution < -0.4 is 5.32 Å². The summed E-state index contributed by atoms with van der Waals surface area (Å²) in [6, 6.07) is 11.7. The van der Waals surface area contributed by atoms with Crippen LogP contribution in [-0.4, -0.2) is 10.9 Å². The fraction of sp³-hybridized carbons (Fsp3) is 0.250. The number of anilines is 1. The maximum atomic E-state index is 13.0. The predicted molar refractivity (Wildman–Crippen MR) is 74.9 cm³/mol. The molecule has 102 valence electrons. The van der Waals surface area contributed by atoms with Gasteiger partial charge in [0, 0.05) is 5.69 Å². The van der Waals surface area contributed by atoms with Crippen molar-refractivity contribution < 1.29 is 9.18 Å². The fourth-order valence-corrected chi connectivity index (χ4v) is 2.39. The van der Waals surface area contributed by atoms with E-state index in [-0.39, 0.29) is 11.7 Å². The van der Waals surface area contributed by atoms with Crippen molar-refractivity contribution in [3.63, 3.8) is 0 Å². The molecule has 4 heteroatoms. The SMILES string of the molecule is Cc1cccc(NC(=O)C2(c3ccc(F)cc3)CC2)n1. The molecule has 1 saturated carbocycles. The molecule has 0 spiro atoms. The van der Waals surface area contributed by atoms with Crippen molar-refractivity contribution >= 4 is 11.7 Å². The second-order valence-electron chi connectivity index (χ2n) is 5.21. The topological polar surface area (TPSA) is 42.0 Å². The highest BCUT2D eigenvalue weighted by molar-refractivity contribution is 6.00. The first-order valence-electron chi connectivity index (χ1n) is 6.61. The molecule has 1 aromatic heterocycles. The summed E-state index contributed by atoms with van der Waals surface area (Å²) in [7, 11) is 0. The number of benzene rings is 1. The zero-order chi connectivity index (χ0) is 14.2. The fourth-order valence-electron chi connectivity index (χ4n) is 2.39. The van der Waals surface area contributed by atoms with Gasteiger partial charge in [0.25, 0.3) is 0 Å². The average Bonchev–Trinajstić information content (AvgIpc) is 3.21. The van der Waals surface area contributed by atoms with Gasteiger partial charge in [-0.25, -0.2) is 9.37 Å². The molecule has 1 amide bonds. The third kappa shape index (κ3) is 2.29. The molecule has 1 aliphatic rings. The van der Waals surface area contributed by atoms with Gasteiger partial charge in [-0.1, -0.05) is 18.2 Å². The van der Waals surface area contributed by atoms with E-state index in [9.17, 15) is 9.18 Å². The summed E-state index contributed by atoms with van der Waals surface area (Å²) in [5.41, 5.74) is 1.21. The van der Waals surface area contributed by atoms with Crippen molar-refractivity contribution in [2.24, 2.45) is 0 Å². The van der Waals surface area contributed by atoms with Crippen LogP contribution in [0.2, 0.25) is 0 Å². The minimum atomic E-state index is -0.515. The Morgan fingerprint density at radius 2 is 1.90 bits per heavy atom. The van der Waals surface area contributed by atoms with Gasteiger partial charge in [0.15, 0.2) is 0 Å². The van der Waals surface area contributed by atoms with Gasteiger partial charge in [-0.15, -0.1) is 0 Å². The molecule has 0 radical (unpaired) electrons. The lowest BCUT2D eigenvalue weighted by Gasteiger charge is -2.15. The van der Waals surface area contributed by atoms with E-state index in [1.165, 1.54) is 12.1 Å². The predicted octanol–water partition coefficient (Wildman–Crippen LogP) is 3.20. The van der Waals surface area contributed by atoms with Crippen LogP contribution in [0.25, 0.3) is 0 Å². The summed E-state index contributed by atoms with van der Waals surface area (Å²) in [6.07, 6.45) is 1.58. The Labute approximate surface area is 116 Å². The molecule has 20 heavy (non-hydrogen) atoms. The Kier molecular flexibility index (Phi) is 3.01. The number of halogens is 1. The normalized spacial score (nSPS) is 15.7. The van der Waals surface area contributed by atoms with Crippen LogP contribution in [-0.2, 0) is 10.2 Å².